The van der Waals surface area contributed by atoms with E-state index < -0.39 is 5.97 Å². The van der Waals surface area contributed by atoms with Crippen molar-refractivity contribution >= 4 is 60.1 Å². The zero-order valence-corrected chi connectivity index (χ0v) is 13.9. The molecule has 3 nitrogen and oxygen atoms in total. The lowest BCUT2D eigenvalue weighted by molar-refractivity contribution is 0.0699. The smallest absolute Gasteiger partial charge is 0.336 e. The second-order valence-electron chi connectivity index (χ2n) is 4.12. The van der Waals surface area contributed by atoms with E-state index in [4.69, 9.17) is 0 Å². The Labute approximate surface area is 135 Å². The van der Waals surface area contributed by atoms with Crippen LogP contribution in [0.4, 0.5) is 0 Å². The first-order valence-electron chi connectivity index (χ1n) is 5.63. The predicted octanol–water partition coefficient (Wildman–Crippen LogP) is 5.19. The largest absolute Gasteiger partial charge is 0.478 e. The first kappa shape index (κ1) is 13.7. The Bertz CT molecular complexity index is 829. The number of hydrogen-bond donors (Lipinski definition) is 1. The van der Waals surface area contributed by atoms with Crippen LogP contribution in [-0.2, 0) is 0 Å². The van der Waals surface area contributed by atoms with Crippen molar-refractivity contribution in [1.29, 1.82) is 0 Å². The van der Waals surface area contributed by atoms with Crippen molar-refractivity contribution in [2.75, 3.05) is 0 Å². The second-order valence-corrected chi connectivity index (χ2v) is 6.80. The molecular formula is C14H7Br2NO2S. The Balaban J connectivity index is 2.34. The summed E-state index contributed by atoms with van der Waals surface area (Å²) in [4.78, 5) is 17.0. The number of nitrogens with zero attached hydrogens (tertiary/aromatic N) is 1. The monoisotopic (exact) mass is 411 g/mol. The van der Waals surface area contributed by atoms with Gasteiger partial charge in [-0.2, -0.15) is 0 Å². The van der Waals surface area contributed by atoms with Crippen LogP contribution in [0.15, 0.2) is 44.7 Å². The zero-order chi connectivity index (χ0) is 14.3. The van der Waals surface area contributed by atoms with E-state index in [2.05, 4.69) is 36.8 Å². The SMILES string of the molecule is O=C(O)c1cc(-c2cc(Br)cs2)nc2cccc(Br)c12. The average Bonchev–Trinajstić information content (AvgIpc) is 2.84. The van der Waals surface area contributed by atoms with Crippen molar-refractivity contribution in [3.05, 3.63) is 50.2 Å². The summed E-state index contributed by atoms with van der Waals surface area (Å²) < 4.78 is 1.70. The molecule has 0 aliphatic carbocycles. The maximum absolute atomic E-state index is 11.5. The molecule has 0 bridgehead atoms. The predicted molar refractivity (Wildman–Crippen MR) is 87.4 cm³/mol. The molecule has 100 valence electrons. The lowest BCUT2D eigenvalue weighted by Crippen LogP contribution is -2.00. The van der Waals surface area contributed by atoms with Crippen LogP contribution in [-0.4, -0.2) is 16.1 Å². The molecule has 1 aromatic carbocycles. The molecule has 20 heavy (non-hydrogen) atoms. The third kappa shape index (κ3) is 2.39. The minimum Gasteiger partial charge on any atom is -0.478 e. The molecule has 1 N–H and O–H groups in total. The lowest BCUT2D eigenvalue weighted by atomic mass is 10.1. The van der Waals surface area contributed by atoms with Gasteiger partial charge in [-0.25, -0.2) is 9.78 Å². The van der Waals surface area contributed by atoms with E-state index in [1.54, 1.807) is 6.07 Å². The fourth-order valence-corrected chi connectivity index (χ4v) is 3.94. The third-order valence-electron chi connectivity index (χ3n) is 2.83. The number of aromatic carboxylic acids is 1. The summed E-state index contributed by atoms with van der Waals surface area (Å²) in [5, 5.41) is 12.0. The fourth-order valence-electron chi connectivity index (χ4n) is 1.99. The minimum atomic E-state index is -0.957. The molecule has 6 heteroatoms. The van der Waals surface area contributed by atoms with Crippen molar-refractivity contribution in [2.45, 2.75) is 0 Å². The van der Waals surface area contributed by atoms with Crippen LogP contribution in [0.25, 0.3) is 21.5 Å². The Kier molecular flexibility index (Phi) is 3.62. The Morgan fingerprint density at radius 3 is 2.70 bits per heavy atom. The molecule has 0 atom stereocenters. The number of hydrogen-bond acceptors (Lipinski definition) is 3. The van der Waals surface area contributed by atoms with Crippen LogP contribution in [0.2, 0.25) is 0 Å². The minimum absolute atomic E-state index is 0.252. The van der Waals surface area contributed by atoms with E-state index in [0.717, 1.165) is 13.8 Å². The molecule has 0 fully saturated rings. The van der Waals surface area contributed by atoms with E-state index in [-0.39, 0.29) is 5.56 Å². The molecule has 3 rings (SSSR count). The highest BCUT2D eigenvalue weighted by Crippen LogP contribution is 2.33. The van der Waals surface area contributed by atoms with Crippen molar-refractivity contribution in [2.24, 2.45) is 0 Å². The first-order valence-corrected chi connectivity index (χ1v) is 8.10. The maximum atomic E-state index is 11.5. The number of carbonyl (C=O) groups is 1. The van der Waals surface area contributed by atoms with Gasteiger partial charge in [-0.15, -0.1) is 11.3 Å². The highest BCUT2D eigenvalue weighted by Gasteiger charge is 2.15. The molecule has 0 aliphatic heterocycles. The van der Waals surface area contributed by atoms with Gasteiger partial charge in [-0.05, 0) is 40.2 Å². The summed E-state index contributed by atoms with van der Waals surface area (Å²) in [7, 11) is 0. The standard InChI is InChI=1S/C14H7Br2NO2S/c15-7-4-12(20-6-7)11-5-8(14(18)19)13-9(16)2-1-3-10(13)17-11/h1-6H,(H,18,19). The van der Waals surface area contributed by atoms with Gasteiger partial charge in [-0.3, -0.25) is 0 Å². The van der Waals surface area contributed by atoms with E-state index in [1.807, 2.05) is 29.6 Å². The van der Waals surface area contributed by atoms with Crippen molar-refractivity contribution < 1.29 is 9.90 Å². The molecule has 3 aromatic rings. The van der Waals surface area contributed by atoms with Gasteiger partial charge in [-0.1, -0.05) is 22.0 Å². The van der Waals surface area contributed by atoms with Crippen LogP contribution < -0.4 is 0 Å². The number of rotatable bonds is 2. The van der Waals surface area contributed by atoms with Gasteiger partial charge < -0.3 is 5.11 Å². The highest BCUT2D eigenvalue weighted by molar-refractivity contribution is 9.11. The first-order chi connectivity index (χ1) is 9.56. The van der Waals surface area contributed by atoms with Crippen LogP contribution >= 0.6 is 43.2 Å². The number of carboxylic acid groups (broad SMARTS) is 1. The summed E-state index contributed by atoms with van der Waals surface area (Å²) in [6.45, 7) is 0. The van der Waals surface area contributed by atoms with Crippen molar-refractivity contribution in [1.82, 2.24) is 4.98 Å². The van der Waals surface area contributed by atoms with Crippen LogP contribution in [0.1, 0.15) is 10.4 Å². The van der Waals surface area contributed by atoms with E-state index >= 15 is 0 Å². The highest BCUT2D eigenvalue weighted by atomic mass is 79.9. The Morgan fingerprint density at radius 1 is 1.25 bits per heavy atom. The number of fused-ring (bicyclic) bond motifs is 1. The van der Waals surface area contributed by atoms with E-state index in [9.17, 15) is 9.90 Å². The maximum Gasteiger partial charge on any atom is 0.336 e. The summed E-state index contributed by atoms with van der Waals surface area (Å²) in [6, 6.07) is 9.03. The quantitative estimate of drug-likeness (QED) is 0.630. The number of carboxylic acids is 1. The molecule has 0 radical (unpaired) electrons. The number of halogens is 2. The average molecular weight is 413 g/mol. The van der Waals surface area contributed by atoms with Gasteiger partial charge >= 0.3 is 5.97 Å². The van der Waals surface area contributed by atoms with Gasteiger partial charge in [0, 0.05) is 19.7 Å². The van der Waals surface area contributed by atoms with Crippen LogP contribution in [0.5, 0.6) is 0 Å². The van der Waals surface area contributed by atoms with Gasteiger partial charge in [0.1, 0.15) is 0 Å². The van der Waals surface area contributed by atoms with E-state index in [1.165, 1.54) is 11.3 Å². The number of thiophene rings is 1. The van der Waals surface area contributed by atoms with Crippen molar-refractivity contribution in [3.63, 3.8) is 0 Å². The molecule has 0 spiro atoms. The normalized spacial score (nSPS) is 10.9. The van der Waals surface area contributed by atoms with Crippen LogP contribution in [0.3, 0.4) is 0 Å². The third-order valence-corrected chi connectivity index (χ3v) is 5.21. The molecule has 0 saturated heterocycles. The van der Waals surface area contributed by atoms with Gasteiger partial charge in [0.15, 0.2) is 0 Å². The lowest BCUT2D eigenvalue weighted by Gasteiger charge is -2.07. The summed E-state index contributed by atoms with van der Waals surface area (Å²) in [5.41, 5.74) is 1.59. The molecule has 2 aromatic heterocycles. The number of benzene rings is 1. The summed E-state index contributed by atoms with van der Waals surface area (Å²) in [5.74, 6) is -0.957. The van der Waals surface area contributed by atoms with Gasteiger partial charge in [0.2, 0.25) is 0 Å². The fraction of sp³-hybridized carbons (Fsp3) is 0. The number of aromatic nitrogens is 1. The molecule has 2 heterocycles. The Morgan fingerprint density at radius 2 is 2.05 bits per heavy atom. The zero-order valence-electron chi connectivity index (χ0n) is 9.93. The molecular weight excluding hydrogens is 406 g/mol. The summed E-state index contributed by atoms with van der Waals surface area (Å²) in [6.07, 6.45) is 0. The van der Waals surface area contributed by atoms with Gasteiger partial charge in [0.05, 0.1) is 21.7 Å². The van der Waals surface area contributed by atoms with E-state index in [0.29, 0.717) is 16.6 Å². The molecule has 0 saturated carbocycles. The molecule has 0 unspecified atom stereocenters. The second kappa shape index (κ2) is 5.27. The van der Waals surface area contributed by atoms with Crippen molar-refractivity contribution in [3.8, 4) is 10.6 Å². The molecule has 0 amide bonds. The Hall–Kier alpha value is -1.24. The number of pyridine rings is 1. The van der Waals surface area contributed by atoms with Gasteiger partial charge in [0.25, 0.3) is 0 Å². The summed E-state index contributed by atoms with van der Waals surface area (Å²) >= 11 is 8.31. The van der Waals surface area contributed by atoms with Crippen LogP contribution in [0, 0.1) is 0 Å². The topological polar surface area (TPSA) is 50.2 Å². The molecule has 0 aliphatic rings.